The molecule has 3 aliphatic carbocycles. The summed E-state index contributed by atoms with van der Waals surface area (Å²) in [4.78, 5) is 0. The highest BCUT2D eigenvalue weighted by Crippen LogP contribution is 2.67. The molecular weight excluding hydrogens is 148 g/mol. The van der Waals surface area contributed by atoms with Crippen molar-refractivity contribution < 1.29 is 5.11 Å². The topological polar surface area (TPSA) is 20.2 Å². The smallest absolute Gasteiger partial charge is 0.0673 e. The van der Waals surface area contributed by atoms with E-state index in [1.807, 2.05) is 6.07 Å². The lowest BCUT2D eigenvalue weighted by Gasteiger charge is -2.68. The average molecular weight is 160 g/mol. The fourth-order valence-electron chi connectivity index (χ4n) is 2.83. The molecule has 0 atom stereocenters. The van der Waals surface area contributed by atoms with Crippen LogP contribution in [0, 0.1) is 0 Å². The molecule has 1 aromatic carbocycles. The summed E-state index contributed by atoms with van der Waals surface area (Å²) in [7, 11) is 0. The van der Waals surface area contributed by atoms with E-state index in [-0.39, 0.29) is 5.60 Å². The molecule has 0 spiro atoms. The fraction of sp³-hybridized carbons (Fsp3) is 0.455. The Morgan fingerprint density at radius 1 is 1.00 bits per heavy atom. The molecule has 12 heavy (non-hydrogen) atoms. The van der Waals surface area contributed by atoms with Gasteiger partial charge >= 0.3 is 0 Å². The van der Waals surface area contributed by atoms with Crippen LogP contribution in [-0.4, -0.2) is 10.7 Å². The molecular formula is C11H12O. The van der Waals surface area contributed by atoms with Crippen molar-refractivity contribution in [3.63, 3.8) is 0 Å². The van der Waals surface area contributed by atoms with Crippen molar-refractivity contribution in [1.82, 2.24) is 0 Å². The quantitative estimate of drug-likeness (QED) is 0.664. The van der Waals surface area contributed by atoms with E-state index in [1.165, 1.54) is 5.56 Å². The number of benzene rings is 1. The predicted octanol–water partition coefficient (Wildman–Crippen LogP) is 1.85. The summed E-state index contributed by atoms with van der Waals surface area (Å²) >= 11 is 0. The Morgan fingerprint density at radius 3 is 2.08 bits per heavy atom. The van der Waals surface area contributed by atoms with Gasteiger partial charge in [0.25, 0.3) is 0 Å². The van der Waals surface area contributed by atoms with E-state index in [1.54, 1.807) is 0 Å². The molecule has 0 radical (unpaired) electrons. The average Bonchev–Trinajstić information content (AvgIpc) is 1.99. The van der Waals surface area contributed by atoms with Crippen molar-refractivity contribution in [2.75, 3.05) is 0 Å². The molecule has 1 heteroatoms. The monoisotopic (exact) mass is 160 g/mol. The summed E-state index contributed by atoms with van der Waals surface area (Å²) in [5.41, 5.74) is 1.52. The van der Waals surface area contributed by atoms with Crippen molar-refractivity contribution >= 4 is 0 Å². The second-order valence-electron chi connectivity index (χ2n) is 4.40. The highest BCUT2D eigenvalue weighted by Gasteiger charge is 2.67. The van der Waals surface area contributed by atoms with E-state index >= 15 is 0 Å². The van der Waals surface area contributed by atoms with Crippen molar-refractivity contribution in [2.45, 2.75) is 30.3 Å². The number of hydrogen-bond acceptors (Lipinski definition) is 1. The largest absolute Gasteiger partial charge is 0.390 e. The van der Waals surface area contributed by atoms with E-state index in [9.17, 15) is 5.11 Å². The lowest BCUT2D eigenvalue weighted by Crippen LogP contribution is -2.69. The van der Waals surface area contributed by atoms with Crippen LogP contribution in [0.3, 0.4) is 0 Å². The van der Waals surface area contributed by atoms with Gasteiger partial charge in [-0.05, 0) is 24.8 Å². The van der Waals surface area contributed by atoms with Crippen LogP contribution >= 0.6 is 0 Å². The third-order valence-electron chi connectivity index (χ3n) is 3.39. The van der Waals surface area contributed by atoms with Gasteiger partial charge in [0, 0.05) is 5.41 Å². The molecule has 0 saturated heterocycles. The first-order valence-corrected chi connectivity index (χ1v) is 4.51. The zero-order chi connectivity index (χ0) is 8.23. The highest BCUT2D eigenvalue weighted by atomic mass is 16.3. The number of aliphatic hydroxyl groups is 1. The minimum absolute atomic E-state index is 0.268. The zero-order valence-corrected chi connectivity index (χ0v) is 6.96. The second-order valence-corrected chi connectivity index (χ2v) is 4.40. The van der Waals surface area contributed by atoms with E-state index < -0.39 is 0 Å². The van der Waals surface area contributed by atoms with Crippen LogP contribution in [0.15, 0.2) is 30.3 Å². The van der Waals surface area contributed by atoms with Gasteiger partial charge in [0.1, 0.15) is 0 Å². The Kier molecular flexibility index (Phi) is 0.969. The molecule has 1 nitrogen and oxygen atoms in total. The van der Waals surface area contributed by atoms with Crippen LogP contribution in [0.25, 0.3) is 0 Å². The number of rotatable bonds is 1. The molecule has 0 aromatic heterocycles. The molecule has 3 aliphatic rings. The second kappa shape index (κ2) is 1.74. The van der Waals surface area contributed by atoms with Gasteiger partial charge in [-0.1, -0.05) is 30.3 Å². The first-order valence-electron chi connectivity index (χ1n) is 4.51. The zero-order valence-electron chi connectivity index (χ0n) is 6.96. The molecule has 3 saturated carbocycles. The Balaban J connectivity index is 1.94. The molecule has 0 heterocycles. The van der Waals surface area contributed by atoms with Gasteiger partial charge in [0.05, 0.1) is 5.60 Å². The van der Waals surface area contributed by atoms with Crippen LogP contribution in [0.2, 0.25) is 0 Å². The Labute approximate surface area is 72.0 Å². The van der Waals surface area contributed by atoms with Gasteiger partial charge in [-0.3, -0.25) is 0 Å². The third kappa shape index (κ3) is 0.632. The van der Waals surface area contributed by atoms with E-state index in [4.69, 9.17) is 0 Å². The van der Waals surface area contributed by atoms with Gasteiger partial charge in [0.2, 0.25) is 0 Å². The van der Waals surface area contributed by atoms with Crippen LogP contribution in [0.1, 0.15) is 24.8 Å². The van der Waals surface area contributed by atoms with Crippen molar-refractivity contribution in [3.05, 3.63) is 35.9 Å². The summed E-state index contributed by atoms with van der Waals surface area (Å²) in [6.45, 7) is 0. The van der Waals surface area contributed by atoms with Crippen LogP contribution in [0.5, 0.6) is 0 Å². The van der Waals surface area contributed by atoms with E-state index in [0.717, 1.165) is 19.3 Å². The first kappa shape index (κ1) is 6.67. The molecule has 1 N–H and O–H groups in total. The lowest BCUT2D eigenvalue weighted by molar-refractivity contribution is -0.213. The normalized spacial score (nSPS) is 43.1. The highest BCUT2D eigenvalue weighted by molar-refractivity contribution is 5.39. The molecule has 2 bridgehead atoms. The van der Waals surface area contributed by atoms with E-state index in [0.29, 0.717) is 5.41 Å². The minimum atomic E-state index is -0.268. The number of hydrogen-bond donors (Lipinski definition) is 1. The maximum atomic E-state index is 9.61. The molecule has 3 fully saturated rings. The van der Waals surface area contributed by atoms with Crippen LogP contribution in [0.4, 0.5) is 0 Å². The Hall–Kier alpha value is -0.820. The summed E-state index contributed by atoms with van der Waals surface area (Å²) in [5, 5.41) is 9.61. The van der Waals surface area contributed by atoms with Gasteiger partial charge in [-0.2, -0.15) is 0 Å². The standard InChI is InChI=1S/C11H12O/c12-11-6-10(7-11,8-11)9-4-2-1-3-5-9/h1-5,12H,6-8H2. The van der Waals surface area contributed by atoms with Crippen LogP contribution in [-0.2, 0) is 5.41 Å². The van der Waals surface area contributed by atoms with Crippen molar-refractivity contribution in [1.29, 1.82) is 0 Å². The van der Waals surface area contributed by atoms with Gasteiger partial charge in [-0.25, -0.2) is 0 Å². The summed E-state index contributed by atoms with van der Waals surface area (Å²) < 4.78 is 0. The maximum Gasteiger partial charge on any atom is 0.0673 e. The SMILES string of the molecule is OC12CC(c3ccccc3)(C1)C2. The minimum Gasteiger partial charge on any atom is -0.390 e. The third-order valence-corrected chi connectivity index (χ3v) is 3.39. The molecule has 62 valence electrons. The van der Waals surface area contributed by atoms with Gasteiger partial charge in [0.15, 0.2) is 0 Å². The molecule has 0 aliphatic heterocycles. The predicted molar refractivity (Wildman–Crippen MR) is 46.9 cm³/mol. The Bertz CT molecular complexity index is 295. The molecule has 0 unspecified atom stereocenters. The van der Waals surface area contributed by atoms with Crippen molar-refractivity contribution in [3.8, 4) is 0 Å². The van der Waals surface area contributed by atoms with Crippen LogP contribution < -0.4 is 0 Å². The van der Waals surface area contributed by atoms with Gasteiger partial charge in [-0.15, -0.1) is 0 Å². The first-order chi connectivity index (χ1) is 5.73. The van der Waals surface area contributed by atoms with Gasteiger partial charge < -0.3 is 5.11 Å². The maximum absolute atomic E-state index is 9.61. The van der Waals surface area contributed by atoms with E-state index in [2.05, 4.69) is 24.3 Å². The molecule has 1 aromatic rings. The lowest BCUT2D eigenvalue weighted by atomic mass is 9.39. The molecule has 0 amide bonds. The summed E-state index contributed by atoms with van der Waals surface area (Å²) in [6, 6.07) is 10.6. The summed E-state index contributed by atoms with van der Waals surface area (Å²) in [6.07, 6.45) is 2.97. The van der Waals surface area contributed by atoms with Crippen molar-refractivity contribution in [2.24, 2.45) is 0 Å². The fourth-order valence-corrected chi connectivity index (χ4v) is 2.83. The molecule has 4 rings (SSSR count). The summed E-state index contributed by atoms with van der Waals surface area (Å²) in [5.74, 6) is 0. The Morgan fingerprint density at radius 2 is 1.58 bits per heavy atom.